The lowest BCUT2D eigenvalue weighted by atomic mass is 10.1. The van der Waals surface area contributed by atoms with E-state index in [-0.39, 0.29) is 5.91 Å². The van der Waals surface area contributed by atoms with Crippen LogP contribution in [0.25, 0.3) is 0 Å². The Labute approximate surface area is 159 Å². The average molecular weight is 373 g/mol. The number of benzene rings is 1. The van der Waals surface area contributed by atoms with E-state index >= 15 is 0 Å². The number of methoxy groups -OCH3 is 1. The maximum atomic E-state index is 12.5. The Morgan fingerprint density at radius 2 is 2.15 bits per heavy atom. The molecule has 8 nitrogen and oxygen atoms in total. The van der Waals surface area contributed by atoms with Gasteiger partial charge in [0, 0.05) is 19.2 Å². The Bertz CT molecular complexity index is 756. The van der Waals surface area contributed by atoms with Gasteiger partial charge >= 0.3 is 0 Å². The predicted molar refractivity (Wildman–Crippen MR) is 101 cm³/mol. The van der Waals surface area contributed by atoms with Crippen molar-refractivity contribution in [1.82, 2.24) is 25.6 Å². The summed E-state index contributed by atoms with van der Waals surface area (Å²) in [6, 6.07) is 6.23. The van der Waals surface area contributed by atoms with Crippen molar-refractivity contribution in [2.45, 2.75) is 32.4 Å². The molecule has 1 amide bonds. The van der Waals surface area contributed by atoms with Crippen molar-refractivity contribution in [3.8, 4) is 5.75 Å². The molecule has 1 fully saturated rings. The number of aryl methyl sites for hydroxylation is 1. The third-order valence-electron chi connectivity index (χ3n) is 4.63. The second-order valence-corrected chi connectivity index (χ2v) is 6.70. The quantitative estimate of drug-likeness (QED) is 0.681. The number of hydrogen-bond donors (Lipinski definition) is 2. The number of piperidine rings is 1. The van der Waals surface area contributed by atoms with E-state index in [1.165, 1.54) is 0 Å². The SMILES string of the molecule is COCCOc1cc(C)ccc1CNC(=O)c1cn(C2CCNCC2)nn1. The van der Waals surface area contributed by atoms with E-state index in [9.17, 15) is 4.79 Å². The minimum Gasteiger partial charge on any atom is -0.491 e. The second-order valence-electron chi connectivity index (χ2n) is 6.70. The molecule has 0 spiro atoms. The van der Waals surface area contributed by atoms with Gasteiger partial charge in [0.05, 0.1) is 18.8 Å². The zero-order valence-corrected chi connectivity index (χ0v) is 15.9. The van der Waals surface area contributed by atoms with Crippen molar-refractivity contribution in [2.75, 3.05) is 33.4 Å². The summed E-state index contributed by atoms with van der Waals surface area (Å²) in [7, 11) is 1.64. The van der Waals surface area contributed by atoms with Gasteiger partial charge in [-0.1, -0.05) is 17.3 Å². The summed E-state index contributed by atoms with van der Waals surface area (Å²) in [5.41, 5.74) is 2.35. The number of nitrogens with one attached hydrogen (secondary N) is 2. The van der Waals surface area contributed by atoms with Crippen LogP contribution in [0, 0.1) is 6.92 Å². The third-order valence-corrected chi connectivity index (χ3v) is 4.63. The number of nitrogens with zero attached hydrogens (tertiary/aromatic N) is 3. The molecule has 2 aromatic rings. The molecule has 0 radical (unpaired) electrons. The van der Waals surface area contributed by atoms with Crippen molar-refractivity contribution in [3.63, 3.8) is 0 Å². The van der Waals surface area contributed by atoms with Crippen molar-refractivity contribution in [1.29, 1.82) is 0 Å². The van der Waals surface area contributed by atoms with E-state index in [0.717, 1.165) is 42.8 Å². The lowest BCUT2D eigenvalue weighted by Gasteiger charge is -2.22. The van der Waals surface area contributed by atoms with Crippen molar-refractivity contribution < 1.29 is 14.3 Å². The van der Waals surface area contributed by atoms with Gasteiger partial charge in [0.1, 0.15) is 12.4 Å². The number of amides is 1. The van der Waals surface area contributed by atoms with Crippen LogP contribution < -0.4 is 15.4 Å². The molecule has 1 aliphatic rings. The van der Waals surface area contributed by atoms with Gasteiger partial charge in [-0.3, -0.25) is 4.79 Å². The van der Waals surface area contributed by atoms with Crippen LogP contribution in [0.15, 0.2) is 24.4 Å². The van der Waals surface area contributed by atoms with Gasteiger partial charge in [0.15, 0.2) is 5.69 Å². The molecule has 0 bridgehead atoms. The van der Waals surface area contributed by atoms with Gasteiger partial charge in [-0.15, -0.1) is 5.10 Å². The first kappa shape index (κ1) is 19.3. The number of carbonyl (C=O) groups excluding carboxylic acids is 1. The van der Waals surface area contributed by atoms with Crippen LogP contribution in [0.3, 0.4) is 0 Å². The first-order valence-corrected chi connectivity index (χ1v) is 9.29. The van der Waals surface area contributed by atoms with Crippen molar-refractivity contribution in [3.05, 3.63) is 41.2 Å². The van der Waals surface area contributed by atoms with Crippen LogP contribution in [-0.2, 0) is 11.3 Å². The Kier molecular flexibility index (Phi) is 6.78. The smallest absolute Gasteiger partial charge is 0.273 e. The monoisotopic (exact) mass is 373 g/mol. The highest BCUT2D eigenvalue weighted by atomic mass is 16.5. The van der Waals surface area contributed by atoms with E-state index in [1.807, 2.05) is 25.1 Å². The minimum atomic E-state index is -0.237. The van der Waals surface area contributed by atoms with Gasteiger partial charge in [-0.05, 0) is 44.5 Å². The second kappa shape index (κ2) is 9.48. The Morgan fingerprint density at radius 3 is 2.93 bits per heavy atom. The summed E-state index contributed by atoms with van der Waals surface area (Å²) in [4.78, 5) is 12.5. The van der Waals surface area contributed by atoms with Crippen molar-refractivity contribution >= 4 is 5.91 Å². The summed E-state index contributed by atoms with van der Waals surface area (Å²) >= 11 is 0. The average Bonchev–Trinajstić information content (AvgIpc) is 3.18. The van der Waals surface area contributed by atoms with Crippen LogP contribution in [0.2, 0.25) is 0 Å². The number of hydrogen-bond acceptors (Lipinski definition) is 6. The molecule has 1 aromatic heterocycles. The molecule has 8 heteroatoms. The van der Waals surface area contributed by atoms with Gasteiger partial charge < -0.3 is 20.1 Å². The Morgan fingerprint density at radius 1 is 1.33 bits per heavy atom. The first-order valence-electron chi connectivity index (χ1n) is 9.29. The molecule has 0 aliphatic carbocycles. The van der Waals surface area contributed by atoms with Gasteiger partial charge in [0.25, 0.3) is 5.91 Å². The summed E-state index contributed by atoms with van der Waals surface area (Å²) < 4.78 is 12.6. The molecule has 0 atom stereocenters. The number of ether oxygens (including phenoxy) is 2. The fraction of sp³-hybridized carbons (Fsp3) is 0.526. The lowest BCUT2D eigenvalue weighted by molar-refractivity contribution is 0.0945. The Balaban J connectivity index is 1.59. The van der Waals surface area contributed by atoms with Gasteiger partial charge in [-0.2, -0.15) is 0 Å². The molecule has 1 saturated heterocycles. The van der Waals surface area contributed by atoms with E-state index in [1.54, 1.807) is 18.0 Å². The molecule has 0 saturated carbocycles. The molecule has 2 heterocycles. The summed E-state index contributed by atoms with van der Waals surface area (Å²) in [6.45, 7) is 5.27. The molecule has 146 valence electrons. The fourth-order valence-electron chi connectivity index (χ4n) is 3.07. The normalized spacial score (nSPS) is 14.9. The molecule has 0 unspecified atom stereocenters. The number of carbonyl (C=O) groups is 1. The van der Waals surface area contributed by atoms with Crippen LogP contribution in [0.5, 0.6) is 5.75 Å². The van der Waals surface area contributed by atoms with E-state index < -0.39 is 0 Å². The number of aromatic nitrogens is 3. The van der Waals surface area contributed by atoms with Crippen LogP contribution in [0.4, 0.5) is 0 Å². The highest BCUT2D eigenvalue weighted by Gasteiger charge is 2.19. The highest BCUT2D eigenvalue weighted by molar-refractivity contribution is 5.91. The van der Waals surface area contributed by atoms with Gasteiger partial charge in [-0.25, -0.2) is 4.68 Å². The summed E-state index contributed by atoms with van der Waals surface area (Å²) in [5, 5.41) is 14.4. The van der Waals surface area contributed by atoms with E-state index in [0.29, 0.717) is 31.5 Å². The zero-order chi connectivity index (χ0) is 19.1. The standard InChI is InChI=1S/C19H27N5O3/c1-14-3-4-15(18(11-14)27-10-9-26-2)12-21-19(25)17-13-24(23-22-17)16-5-7-20-8-6-16/h3-4,11,13,16,20H,5-10,12H2,1-2H3,(H,21,25). The number of rotatable bonds is 8. The topological polar surface area (TPSA) is 90.3 Å². The van der Waals surface area contributed by atoms with Crippen LogP contribution in [-0.4, -0.2) is 54.3 Å². The predicted octanol–water partition coefficient (Wildman–Crippen LogP) is 1.47. The largest absolute Gasteiger partial charge is 0.491 e. The molecular formula is C19H27N5O3. The van der Waals surface area contributed by atoms with E-state index in [4.69, 9.17) is 9.47 Å². The van der Waals surface area contributed by atoms with Crippen LogP contribution in [0.1, 0.15) is 40.5 Å². The molecule has 3 rings (SSSR count). The molecular weight excluding hydrogens is 346 g/mol. The molecule has 1 aliphatic heterocycles. The van der Waals surface area contributed by atoms with Gasteiger partial charge in [0.2, 0.25) is 0 Å². The summed E-state index contributed by atoms with van der Waals surface area (Å²) in [6.07, 6.45) is 3.72. The zero-order valence-electron chi connectivity index (χ0n) is 15.9. The first-order chi connectivity index (χ1) is 13.2. The molecule has 2 N–H and O–H groups in total. The fourth-order valence-corrected chi connectivity index (χ4v) is 3.07. The maximum absolute atomic E-state index is 12.5. The van der Waals surface area contributed by atoms with E-state index in [2.05, 4.69) is 20.9 Å². The molecule has 1 aromatic carbocycles. The van der Waals surface area contributed by atoms with Crippen molar-refractivity contribution in [2.24, 2.45) is 0 Å². The maximum Gasteiger partial charge on any atom is 0.273 e. The third kappa shape index (κ3) is 5.27. The Hall–Kier alpha value is -2.45. The summed E-state index contributed by atoms with van der Waals surface area (Å²) in [5.74, 6) is 0.518. The molecule has 27 heavy (non-hydrogen) atoms. The highest BCUT2D eigenvalue weighted by Crippen LogP contribution is 2.21. The van der Waals surface area contributed by atoms with Crippen LogP contribution >= 0.6 is 0 Å². The lowest BCUT2D eigenvalue weighted by Crippen LogP contribution is -2.29. The minimum absolute atomic E-state index is 0.237.